The van der Waals surface area contributed by atoms with Crippen LogP contribution in [0.1, 0.15) is 62.5 Å². The molecule has 0 unspecified atom stereocenters. The standard InChI is InChI=1S/C30H42N4O3/c31-21-30(10-11-33(22-30)20-24-17-25-8-4-5-9-26(25)18-24)32-29(36)27(16-23-6-2-1-3-7-23)19-28(35)34-12-14-37-15-13-34/h4-5,8-9,23-24,27H,1-3,6-7,10-20,22H2,(H,32,36)/t27-,30+/m1/s1. The van der Waals surface area contributed by atoms with E-state index in [9.17, 15) is 14.9 Å². The van der Waals surface area contributed by atoms with E-state index < -0.39 is 5.54 Å². The molecule has 2 atom stereocenters. The lowest BCUT2D eigenvalue weighted by molar-refractivity contribution is -0.140. The van der Waals surface area contributed by atoms with Gasteiger partial charge in [0.1, 0.15) is 5.54 Å². The Morgan fingerprint density at radius 2 is 1.76 bits per heavy atom. The molecule has 4 aliphatic rings. The second kappa shape index (κ2) is 12.0. The largest absolute Gasteiger partial charge is 0.378 e. The summed E-state index contributed by atoms with van der Waals surface area (Å²) in [5, 5.41) is 13.4. The Morgan fingerprint density at radius 1 is 1.05 bits per heavy atom. The van der Waals surface area contributed by atoms with Crippen LogP contribution in [0.3, 0.4) is 0 Å². The van der Waals surface area contributed by atoms with E-state index in [4.69, 9.17) is 4.74 Å². The summed E-state index contributed by atoms with van der Waals surface area (Å²) in [5.74, 6) is 0.613. The molecule has 2 aliphatic heterocycles. The average Bonchev–Trinajstić information content (AvgIpc) is 3.53. The Balaban J connectivity index is 1.20. The van der Waals surface area contributed by atoms with Gasteiger partial charge in [-0.2, -0.15) is 5.26 Å². The quantitative estimate of drug-likeness (QED) is 0.585. The van der Waals surface area contributed by atoms with Crippen LogP contribution in [-0.2, 0) is 27.2 Å². The van der Waals surface area contributed by atoms with Gasteiger partial charge in [0.25, 0.3) is 0 Å². The molecule has 0 aromatic heterocycles. The van der Waals surface area contributed by atoms with Gasteiger partial charge in [-0.25, -0.2) is 0 Å². The molecule has 1 aromatic rings. The van der Waals surface area contributed by atoms with Crippen LogP contribution in [0, 0.1) is 29.1 Å². The lowest BCUT2D eigenvalue weighted by Crippen LogP contribution is -2.52. The van der Waals surface area contributed by atoms with Gasteiger partial charge in [-0.15, -0.1) is 0 Å². The molecule has 5 rings (SSSR count). The lowest BCUT2D eigenvalue weighted by Gasteiger charge is -2.32. The van der Waals surface area contributed by atoms with Crippen LogP contribution in [0.2, 0.25) is 0 Å². The van der Waals surface area contributed by atoms with Gasteiger partial charge in [-0.05, 0) is 48.6 Å². The first kappa shape index (κ1) is 26.2. The number of carbonyl (C=O) groups is 2. The number of nitrogens with zero attached hydrogens (tertiary/aromatic N) is 3. The molecule has 7 heteroatoms. The molecule has 1 saturated carbocycles. The highest BCUT2D eigenvalue weighted by Crippen LogP contribution is 2.33. The minimum Gasteiger partial charge on any atom is -0.378 e. The SMILES string of the molecule is N#C[C@@]1(NC(=O)[C@@H](CC(=O)N2CCOCC2)CC2CCCCC2)CCN(CC2Cc3ccccc3C2)C1. The van der Waals surface area contributed by atoms with Crippen molar-refractivity contribution in [2.75, 3.05) is 45.9 Å². The van der Waals surface area contributed by atoms with Crippen molar-refractivity contribution in [1.29, 1.82) is 5.26 Å². The molecule has 0 radical (unpaired) electrons. The number of rotatable bonds is 8. The molecule has 2 heterocycles. The van der Waals surface area contributed by atoms with Crippen LogP contribution in [0.5, 0.6) is 0 Å². The van der Waals surface area contributed by atoms with Gasteiger partial charge in [0.2, 0.25) is 11.8 Å². The first-order valence-corrected chi connectivity index (χ1v) is 14.4. The molecule has 3 fully saturated rings. The van der Waals surface area contributed by atoms with Gasteiger partial charge in [-0.1, -0.05) is 56.4 Å². The minimum atomic E-state index is -0.866. The molecule has 2 amide bonds. The third-order valence-electron chi connectivity index (χ3n) is 9.07. The molecule has 2 saturated heterocycles. The third kappa shape index (κ3) is 6.53. The summed E-state index contributed by atoms with van der Waals surface area (Å²) in [4.78, 5) is 31.0. The molecule has 2 aliphatic carbocycles. The molecule has 1 N–H and O–H groups in total. The van der Waals surface area contributed by atoms with Crippen molar-refractivity contribution in [3.8, 4) is 6.07 Å². The van der Waals surface area contributed by atoms with E-state index in [1.54, 1.807) is 0 Å². The second-order valence-electron chi connectivity index (χ2n) is 11.8. The normalized spacial score (nSPS) is 26.0. The molecular weight excluding hydrogens is 464 g/mol. The number of amides is 2. The van der Waals surface area contributed by atoms with Crippen LogP contribution in [0.25, 0.3) is 0 Å². The highest BCUT2D eigenvalue weighted by Gasteiger charge is 2.42. The Labute approximate surface area is 221 Å². The van der Waals surface area contributed by atoms with Crippen molar-refractivity contribution in [3.05, 3.63) is 35.4 Å². The van der Waals surface area contributed by atoms with Gasteiger partial charge in [0.05, 0.1) is 19.3 Å². The summed E-state index contributed by atoms with van der Waals surface area (Å²) in [6.45, 7) is 4.65. The Kier molecular flexibility index (Phi) is 8.46. The summed E-state index contributed by atoms with van der Waals surface area (Å²) < 4.78 is 5.40. The van der Waals surface area contributed by atoms with Gasteiger partial charge >= 0.3 is 0 Å². The smallest absolute Gasteiger partial charge is 0.224 e. The topological polar surface area (TPSA) is 85.7 Å². The third-order valence-corrected chi connectivity index (χ3v) is 9.07. The van der Waals surface area contributed by atoms with Crippen molar-refractivity contribution in [3.63, 3.8) is 0 Å². The predicted molar refractivity (Wildman–Crippen MR) is 142 cm³/mol. The van der Waals surface area contributed by atoms with E-state index in [1.807, 2.05) is 4.90 Å². The summed E-state index contributed by atoms with van der Waals surface area (Å²) in [6, 6.07) is 11.1. The van der Waals surface area contributed by atoms with Gasteiger partial charge < -0.3 is 15.0 Å². The van der Waals surface area contributed by atoms with Crippen molar-refractivity contribution in [1.82, 2.24) is 15.1 Å². The van der Waals surface area contributed by atoms with Crippen molar-refractivity contribution < 1.29 is 14.3 Å². The average molecular weight is 507 g/mol. The molecule has 7 nitrogen and oxygen atoms in total. The number of ether oxygens (including phenoxy) is 1. The van der Waals surface area contributed by atoms with E-state index in [2.05, 4.69) is 40.6 Å². The zero-order chi connectivity index (χ0) is 25.7. The van der Waals surface area contributed by atoms with Crippen LogP contribution < -0.4 is 5.32 Å². The Morgan fingerprint density at radius 3 is 2.43 bits per heavy atom. The second-order valence-corrected chi connectivity index (χ2v) is 11.8. The molecule has 200 valence electrons. The first-order valence-electron chi connectivity index (χ1n) is 14.4. The van der Waals surface area contributed by atoms with E-state index >= 15 is 0 Å². The maximum absolute atomic E-state index is 13.7. The van der Waals surface area contributed by atoms with Gasteiger partial charge in [-0.3, -0.25) is 14.5 Å². The summed E-state index contributed by atoms with van der Waals surface area (Å²) in [6.07, 6.45) is 9.74. The fourth-order valence-corrected chi connectivity index (χ4v) is 7.01. The number of nitriles is 1. The minimum absolute atomic E-state index is 0.0408. The summed E-state index contributed by atoms with van der Waals surface area (Å²) in [5.41, 5.74) is 2.03. The molecule has 0 bridgehead atoms. The summed E-state index contributed by atoms with van der Waals surface area (Å²) in [7, 11) is 0. The maximum Gasteiger partial charge on any atom is 0.224 e. The first-order chi connectivity index (χ1) is 18.0. The monoisotopic (exact) mass is 506 g/mol. The number of benzene rings is 1. The number of hydrogen-bond acceptors (Lipinski definition) is 5. The van der Waals surface area contributed by atoms with Gasteiger partial charge in [0.15, 0.2) is 0 Å². The zero-order valence-electron chi connectivity index (χ0n) is 22.1. The number of hydrogen-bond donors (Lipinski definition) is 1. The number of morpholine rings is 1. The van der Waals surface area contributed by atoms with Crippen LogP contribution >= 0.6 is 0 Å². The van der Waals surface area contributed by atoms with Crippen LogP contribution in [0.15, 0.2) is 24.3 Å². The number of fused-ring (bicyclic) bond motifs is 1. The van der Waals surface area contributed by atoms with E-state index in [1.165, 1.54) is 30.4 Å². The molecule has 0 spiro atoms. The van der Waals surface area contributed by atoms with Crippen LogP contribution in [-0.4, -0.2) is 73.1 Å². The van der Waals surface area contributed by atoms with Crippen molar-refractivity contribution in [2.45, 2.75) is 69.7 Å². The van der Waals surface area contributed by atoms with E-state index in [0.717, 1.165) is 45.2 Å². The lowest BCUT2D eigenvalue weighted by atomic mass is 9.81. The number of likely N-dealkylation sites (tertiary alicyclic amines) is 1. The highest BCUT2D eigenvalue weighted by atomic mass is 16.5. The summed E-state index contributed by atoms with van der Waals surface area (Å²) >= 11 is 0. The van der Waals surface area contributed by atoms with Crippen molar-refractivity contribution >= 4 is 11.8 Å². The maximum atomic E-state index is 13.7. The predicted octanol–water partition coefficient (Wildman–Crippen LogP) is 3.32. The van der Waals surface area contributed by atoms with Gasteiger partial charge in [0, 0.05) is 45.1 Å². The highest BCUT2D eigenvalue weighted by molar-refractivity contribution is 5.86. The molecular formula is C30H42N4O3. The van der Waals surface area contributed by atoms with Crippen molar-refractivity contribution in [2.24, 2.45) is 17.8 Å². The van der Waals surface area contributed by atoms with Crippen LogP contribution in [0.4, 0.5) is 0 Å². The van der Waals surface area contributed by atoms with E-state index in [0.29, 0.717) is 51.1 Å². The zero-order valence-corrected chi connectivity index (χ0v) is 22.1. The Bertz CT molecular complexity index is 970. The van der Waals surface area contributed by atoms with E-state index in [-0.39, 0.29) is 24.2 Å². The number of carbonyl (C=O) groups excluding carboxylic acids is 2. The fourth-order valence-electron chi connectivity index (χ4n) is 7.01. The molecule has 1 aromatic carbocycles. The Hall–Kier alpha value is -2.43. The fraction of sp³-hybridized carbons (Fsp3) is 0.700. The molecule has 37 heavy (non-hydrogen) atoms. The number of nitrogens with one attached hydrogen (secondary N) is 1.